The first kappa shape index (κ1) is 12.1. The first-order valence-electron chi connectivity index (χ1n) is 6.34. The van der Waals surface area contributed by atoms with Crippen molar-refractivity contribution in [3.8, 4) is 0 Å². The Kier molecular flexibility index (Phi) is 4.10. The van der Waals surface area contributed by atoms with Crippen LogP contribution in [0.1, 0.15) is 19.4 Å². The highest BCUT2D eigenvalue weighted by Crippen LogP contribution is 2.18. The monoisotopic (exact) mass is 228 g/mol. The van der Waals surface area contributed by atoms with Gasteiger partial charge < -0.3 is 5.32 Å². The minimum absolute atomic E-state index is 0.641. The molecule has 1 heterocycles. The Morgan fingerprint density at radius 3 is 2.88 bits per heavy atom. The van der Waals surface area contributed by atoms with Crippen molar-refractivity contribution in [3.63, 3.8) is 0 Å². The third kappa shape index (κ3) is 3.04. The van der Waals surface area contributed by atoms with E-state index >= 15 is 0 Å². The highest BCUT2D eigenvalue weighted by molar-refractivity contribution is 5.81. The maximum atomic E-state index is 4.49. The van der Waals surface area contributed by atoms with Crippen LogP contribution in [0.4, 0.5) is 0 Å². The van der Waals surface area contributed by atoms with Gasteiger partial charge in [0.25, 0.3) is 0 Å². The number of rotatable bonds is 5. The average Bonchev–Trinajstić information content (AvgIpc) is 2.37. The lowest BCUT2D eigenvalue weighted by Crippen LogP contribution is -2.22. The van der Waals surface area contributed by atoms with Gasteiger partial charge in [-0.15, -0.1) is 0 Å². The Bertz CT molecular complexity index is 474. The van der Waals surface area contributed by atoms with Gasteiger partial charge in [-0.1, -0.05) is 38.1 Å². The fourth-order valence-electron chi connectivity index (χ4n) is 2.17. The van der Waals surface area contributed by atoms with Crippen LogP contribution in [0.25, 0.3) is 10.9 Å². The Morgan fingerprint density at radius 2 is 2.06 bits per heavy atom. The molecule has 0 saturated heterocycles. The lowest BCUT2D eigenvalue weighted by atomic mass is 9.98. The van der Waals surface area contributed by atoms with E-state index in [4.69, 9.17) is 0 Å². The van der Waals surface area contributed by atoms with Gasteiger partial charge in [0.1, 0.15) is 0 Å². The number of benzene rings is 1. The van der Waals surface area contributed by atoms with Crippen molar-refractivity contribution >= 4 is 10.9 Å². The molecule has 0 aliphatic carbocycles. The Balaban J connectivity index is 2.18. The molecule has 17 heavy (non-hydrogen) atoms. The fraction of sp³-hybridized carbons (Fsp3) is 0.400. The second-order valence-electron chi connectivity index (χ2n) is 4.61. The third-order valence-electron chi connectivity index (χ3n) is 3.03. The molecular weight excluding hydrogens is 208 g/mol. The van der Waals surface area contributed by atoms with E-state index in [1.165, 1.54) is 10.9 Å². The summed E-state index contributed by atoms with van der Waals surface area (Å²) >= 11 is 0. The van der Waals surface area contributed by atoms with Crippen LogP contribution < -0.4 is 5.32 Å². The van der Waals surface area contributed by atoms with Gasteiger partial charge in [-0.25, -0.2) is 0 Å². The van der Waals surface area contributed by atoms with Crippen molar-refractivity contribution in [1.82, 2.24) is 10.3 Å². The number of hydrogen-bond donors (Lipinski definition) is 1. The van der Waals surface area contributed by atoms with E-state index in [1.807, 2.05) is 12.3 Å². The zero-order valence-electron chi connectivity index (χ0n) is 10.6. The van der Waals surface area contributed by atoms with Gasteiger partial charge in [-0.2, -0.15) is 0 Å². The molecule has 0 fully saturated rings. The van der Waals surface area contributed by atoms with Crippen molar-refractivity contribution < 1.29 is 0 Å². The van der Waals surface area contributed by atoms with Crippen LogP contribution in [0, 0.1) is 5.92 Å². The van der Waals surface area contributed by atoms with Gasteiger partial charge in [0.15, 0.2) is 0 Å². The molecule has 0 bridgehead atoms. The molecule has 0 saturated carbocycles. The summed E-state index contributed by atoms with van der Waals surface area (Å²) in [6.45, 7) is 6.54. The highest BCUT2D eigenvalue weighted by atomic mass is 14.8. The number of hydrogen-bond acceptors (Lipinski definition) is 2. The molecular formula is C15H20N2. The van der Waals surface area contributed by atoms with Crippen LogP contribution in [0.3, 0.4) is 0 Å². The second kappa shape index (κ2) is 5.78. The van der Waals surface area contributed by atoms with E-state index in [1.54, 1.807) is 0 Å². The number of pyridine rings is 1. The zero-order valence-corrected chi connectivity index (χ0v) is 10.6. The summed E-state index contributed by atoms with van der Waals surface area (Å²) in [6.07, 6.45) is 2.96. The average molecular weight is 228 g/mol. The number of aromatic nitrogens is 1. The Hall–Kier alpha value is -1.41. The molecule has 0 aliphatic rings. The minimum atomic E-state index is 0.641. The highest BCUT2D eigenvalue weighted by Gasteiger charge is 2.06. The van der Waals surface area contributed by atoms with E-state index in [0.717, 1.165) is 25.0 Å². The number of nitrogens with one attached hydrogen (secondary N) is 1. The van der Waals surface area contributed by atoms with E-state index in [9.17, 15) is 0 Å². The van der Waals surface area contributed by atoms with Crippen molar-refractivity contribution in [2.75, 3.05) is 13.1 Å². The van der Waals surface area contributed by atoms with Gasteiger partial charge >= 0.3 is 0 Å². The maximum absolute atomic E-state index is 4.49. The van der Waals surface area contributed by atoms with Crippen LogP contribution in [0.5, 0.6) is 0 Å². The third-order valence-corrected chi connectivity index (χ3v) is 3.03. The van der Waals surface area contributed by atoms with Crippen LogP contribution in [-0.4, -0.2) is 18.1 Å². The predicted molar refractivity (Wildman–Crippen MR) is 73.2 cm³/mol. The normalized spacial score (nSPS) is 12.8. The number of fused-ring (bicyclic) bond motifs is 1. The van der Waals surface area contributed by atoms with Crippen LogP contribution in [-0.2, 0) is 6.42 Å². The van der Waals surface area contributed by atoms with Gasteiger partial charge in [0.2, 0.25) is 0 Å². The summed E-state index contributed by atoms with van der Waals surface area (Å²) in [5, 5.41) is 4.63. The second-order valence-corrected chi connectivity index (χ2v) is 4.61. The molecule has 2 rings (SSSR count). The van der Waals surface area contributed by atoms with E-state index in [2.05, 4.69) is 48.4 Å². The number of para-hydroxylation sites is 1. The molecule has 90 valence electrons. The summed E-state index contributed by atoms with van der Waals surface area (Å²) in [4.78, 5) is 4.49. The van der Waals surface area contributed by atoms with E-state index in [0.29, 0.717) is 5.92 Å². The molecule has 0 aliphatic heterocycles. The van der Waals surface area contributed by atoms with E-state index in [-0.39, 0.29) is 0 Å². The van der Waals surface area contributed by atoms with Gasteiger partial charge in [0, 0.05) is 11.6 Å². The minimum Gasteiger partial charge on any atom is -0.317 e. The Morgan fingerprint density at radius 1 is 1.24 bits per heavy atom. The molecule has 2 heteroatoms. The molecule has 1 aromatic heterocycles. The lowest BCUT2D eigenvalue weighted by Gasteiger charge is -2.13. The SMILES string of the molecule is CCNCC(C)Cc1cccc2cccnc12. The van der Waals surface area contributed by atoms with Crippen LogP contribution >= 0.6 is 0 Å². The fourth-order valence-corrected chi connectivity index (χ4v) is 2.17. The van der Waals surface area contributed by atoms with Gasteiger partial charge in [0.05, 0.1) is 5.52 Å². The first-order chi connectivity index (χ1) is 8.31. The topological polar surface area (TPSA) is 24.9 Å². The summed E-state index contributed by atoms with van der Waals surface area (Å²) in [5.41, 5.74) is 2.51. The smallest absolute Gasteiger partial charge is 0.0733 e. The molecule has 2 aromatic rings. The number of nitrogens with zero attached hydrogens (tertiary/aromatic N) is 1. The van der Waals surface area contributed by atoms with Crippen molar-refractivity contribution in [2.45, 2.75) is 20.3 Å². The van der Waals surface area contributed by atoms with Crippen molar-refractivity contribution in [2.24, 2.45) is 5.92 Å². The van der Waals surface area contributed by atoms with Gasteiger partial charge in [-0.3, -0.25) is 4.98 Å². The molecule has 0 spiro atoms. The molecule has 0 radical (unpaired) electrons. The summed E-state index contributed by atoms with van der Waals surface area (Å²) in [7, 11) is 0. The van der Waals surface area contributed by atoms with Gasteiger partial charge in [-0.05, 0) is 37.1 Å². The molecule has 1 unspecified atom stereocenters. The standard InChI is InChI=1S/C15H20N2/c1-3-16-11-12(2)10-14-7-4-6-13-8-5-9-17-15(13)14/h4-9,12,16H,3,10-11H2,1-2H3. The first-order valence-corrected chi connectivity index (χ1v) is 6.34. The maximum Gasteiger partial charge on any atom is 0.0733 e. The van der Waals surface area contributed by atoms with Crippen LogP contribution in [0.2, 0.25) is 0 Å². The van der Waals surface area contributed by atoms with Crippen molar-refractivity contribution in [1.29, 1.82) is 0 Å². The quantitative estimate of drug-likeness (QED) is 0.851. The summed E-state index contributed by atoms with van der Waals surface area (Å²) < 4.78 is 0. The summed E-state index contributed by atoms with van der Waals surface area (Å²) in [6, 6.07) is 10.6. The molecule has 1 N–H and O–H groups in total. The lowest BCUT2D eigenvalue weighted by molar-refractivity contribution is 0.522. The van der Waals surface area contributed by atoms with E-state index < -0.39 is 0 Å². The molecule has 0 amide bonds. The summed E-state index contributed by atoms with van der Waals surface area (Å²) in [5.74, 6) is 0.641. The molecule has 1 atom stereocenters. The Labute approximate surface area is 103 Å². The molecule has 2 nitrogen and oxygen atoms in total. The molecule has 1 aromatic carbocycles. The largest absolute Gasteiger partial charge is 0.317 e. The predicted octanol–water partition coefficient (Wildman–Crippen LogP) is 3.02. The zero-order chi connectivity index (χ0) is 12.1. The van der Waals surface area contributed by atoms with Crippen LogP contribution in [0.15, 0.2) is 36.5 Å². The van der Waals surface area contributed by atoms with Crippen molar-refractivity contribution in [3.05, 3.63) is 42.1 Å².